The van der Waals surface area contributed by atoms with Crippen molar-refractivity contribution in [2.75, 3.05) is 34.4 Å². The van der Waals surface area contributed by atoms with E-state index >= 15 is 0 Å². The van der Waals surface area contributed by atoms with Crippen molar-refractivity contribution >= 4 is 5.91 Å². The SMILES string of the molecule is CCCNC(=O)CNCc1ccc(OC)c(OC)c1OC. The Balaban J connectivity index is 2.69. The van der Waals surface area contributed by atoms with E-state index in [1.54, 1.807) is 21.3 Å². The highest BCUT2D eigenvalue weighted by molar-refractivity contribution is 5.77. The van der Waals surface area contributed by atoms with E-state index in [-0.39, 0.29) is 12.5 Å². The first kappa shape index (κ1) is 17.1. The molecular formula is C15H24N2O4. The lowest BCUT2D eigenvalue weighted by atomic mass is 10.1. The third kappa shape index (κ3) is 4.82. The summed E-state index contributed by atoms with van der Waals surface area (Å²) in [5, 5.41) is 5.90. The molecule has 0 aliphatic rings. The van der Waals surface area contributed by atoms with Gasteiger partial charge in [0, 0.05) is 18.7 Å². The van der Waals surface area contributed by atoms with Crippen LogP contribution in [0.15, 0.2) is 12.1 Å². The fourth-order valence-electron chi connectivity index (χ4n) is 1.94. The molecule has 1 amide bonds. The van der Waals surface area contributed by atoms with Gasteiger partial charge in [-0.15, -0.1) is 0 Å². The summed E-state index contributed by atoms with van der Waals surface area (Å²) in [5.41, 5.74) is 0.901. The normalized spacial score (nSPS) is 10.1. The zero-order valence-electron chi connectivity index (χ0n) is 13.1. The molecule has 118 valence electrons. The largest absolute Gasteiger partial charge is 0.493 e. The Morgan fingerprint density at radius 1 is 1.10 bits per heavy atom. The number of benzene rings is 1. The van der Waals surface area contributed by atoms with E-state index in [1.807, 2.05) is 19.1 Å². The molecule has 0 saturated heterocycles. The van der Waals surface area contributed by atoms with Crippen LogP contribution in [0.5, 0.6) is 17.2 Å². The van der Waals surface area contributed by atoms with Crippen LogP contribution in [0.2, 0.25) is 0 Å². The van der Waals surface area contributed by atoms with Crippen LogP contribution in [-0.2, 0) is 11.3 Å². The minimum absolute atomic E-state index is 0.0173. The van der Waals surface area contributed by atoms with E-state index in [4.69, 9.17) is 14.2 Å². The van der Waals surface area contributed by atoms with Crippen molar-refractivity contribution in [1.29, 1.82) is 0 Å². The van der Waals surface area contributed by atoms with Crippen LogP contribution in [0, 0.1) is 0 Å². The van der Waals surface area contributed by atoms with Gasteiger partial charge in [-0.1, -0.05) is 13.0 Å². The number of rotatable bonds is 9. The van der Waals surface area contributed by atoms with Gasteiger partial charge in [0.25, 0.3) is 0 Å². The van der Waals surface area contributed by atoms with E-state index < -0.39 is 0 Å². The van der Waals surface area contributed by atoms with Gasteiger partial charge in [-0.3, -0.25) is 4.79 Å². The Kier molecular flexibility index (Phi) is 7.39. The van der Waals surface area contributed by atoms with Crippen LogP contribution in [0.4, 0.5) is 0 Å². The lowest BCUT2D eigenvalue weighted by Gasteiger charge is -2.16. The molecule has 1 aromatic rings. The summed E-state index contributed by atoms with van der Waals surface area (Å²) in [6, 6.07) is 3.70. The molecule has 0 aromatic heterocycles. The van der Waals surface area contributed by atoms with Crippen LogP contribution in [0.1, 0.15) is 18.9 Å². The van der Waals surface area contributed by atoms with Gasteiger partial charge in [-0.2, -0.15) is 0 Å². The molecule has 21 heavy (non-hydrogen) atoms. The van der Waals surface area contributed by atoms with E-state index in [1.165, 1.54) is 0 Å². The zero-order chi connectivity index (χ0) is 15.7. The zero-order valence-corrected chi connectivity index (χ0v) is 13.1. The third-order valence-electron chi connectivity index (χ3n) is 2.96. The van der Waals surface area contributed by atoms with Crippen LogP contribution in [0.3, 0.4) is 0 Å². The first-order valence-electron chi connectivity index (χ1n) is 6.93. The molecule has 0 saturated carbocycles. The maximum Gasteiger partial charge on any atom is 0.233 e. The molecule has 0 spiro atoms. The molecule has 0 aliphatic carbocycles. The van der Waals surface area contributed by atoms with Gasteiger partial charge in [0.05, 0.1) is 27.9 Å². The average Bonchev–Trinajstić information content (AvgIpc) is 2.51. The van der Waals surface area contributed by atoms with Gasteiger partial charge in [0.2, 0.25) is 11.7 Å². The van der Waals surface area contributed by atoms with Gasteiger partial charge in [0.1, 0.15) is 0 Å². The summed E-state index contributed by atoms with van der Waals surface area (Å²) in [4.78, 5) is 11.5. The number of amides is 1. The first-order valence-corrected chi connectivity index (χ1v) is 6.93. The number of ether oxygens (including phenoxy) is 3. The van der Waals surface area contributed by atoms with Crippen molar-refractivity contribution in [3.05, 3.63) is 17.7 Å². The molecule has 0 radical (unpaired) electrons. The second kappa shape index (κ2) is 9.07. The van der Waals surface area contributed by atoms with Gasteiger partial charge in [-0.05, 0) is 12.5 Å². The van der Waals surface area contributed by atoms with Crippen molar-refractivity contribution in [3.8, 4) is 17.2 Å². The highest BCUT2D eigenvalue weighted by Gasteiger charge is 2.15. The van der Waals surface area contributed by atoms with Crippen LogP contribution >= 0.6 is 0 Å². The monoisotopic (exact) mass is 296 g/mol. The smallest absolute Gasteiger partial charge is 0.233 e. The number of carbonyl (C=O) groups excluding carboxylic acids is 1. The van der Waals surface area contributed by atoms with Crippen LogP contribution < -0.4 is 24.8 Å². The van der Waals surface area contributed by atoms with E-state index in [0.29, 0.717) is 30.3 Å². The molecule has 0 fully saturated rings. The number of nitrogens with one attached hydrogen (secondary N) is 2. The Hall–Kier alpha value is -1.95. The number of methoxy groups -OCH3 is 3. The molecule has 2 N–H and O–H groups in total. The Labute approximate surface area is 125 Å². The average molecular weight is 296 g/mol. The maximum absolute atomic E-state index is 11.5. The molecule has 0 heterocycles. The summed E-state index contributed by atoms with van der Waals surface area (Å²) < 4.78 is 15.9. The van der Waals surface area contributed by atoms with Gasteiger partial charge < -0.3 is 24.8 Å². The van der Waals surface area contributed by atoms with Gasteiger partial charge >= 0.3 is 0 Å². The second-order valence-corrected chi connectivity index (χ2v) is 4.45. The number of hydrogen-bond acceptors (Lipinski definition) is 5. The van der Waals surface area contributed by atoms with Crippen molar-refractivity contribution in [2.24, 2.45) is 0 Å². The van der Waals surface area contributed by atoms with E-state index in [2.05, 4.69) is 10.6 Å². The molecule has 6 heteroatoms. The Morgan fingerprint density at radius 3 is 2.38 bits per heavy atom. The van der Waals surface area contributed by atoms with Gasteiger partial charge in [0.15, 0.2) is 11.5 Å². The molecule has 0 aliphatic heterocycles. The minimum Gasteiger partial charge on any atom is -0.493 e. The standard InChI is InChI=1S/C15H24N2O4/c1-5-8-17-13(18)10-16-9-11-6-7-12(19-2)15(21-4)14(11)20-3/h6-7,16H,5,8-10H2,1-4H3,(H,17,18). The summed E-state index contributed by atoms with van der Waals surface area (Å²) >= 11 is 0. The van der Waals surface area contributed by atoms with Gasteiger partial charge in [-0.25, -0.2) is 0 Å². The Bertz CT molecular complexity index is 463. The summed E-state index contributed by atoms with van der Waals surface area (Å²) in [6.07, 6.45) is 0.926. The van der Waals surface area contributed by atoms with Crippen molar-refractivity contribution in [1.82, 2.24) is 10.6 Å². The van der Waals surface area contributed by atoms with Crippen LogP contribution in [-0.4, -0.2) is 40.3 Å². The quantitative estimate of drug-likeness (QED) is 0.719. The van der Waals surface area contributed by atoms with Crippen molar-refractivity contribution in [2.45, 2.75) is 19.9 Å². The van der Waals surface area contributed by atoms with E-state index in [0.717, 1.165) is 12.0 Å². The van der Waals surface area contributed by atoms with Crippen molar-refractivity contribution < 1.29 is 19.0 Å². The molecule has 0 bridgehead atoms. The Morgan fingerprint density at radius 2 is 1.81 bits per heavy atom. The van der Waals surface area contributed by atoms with E-state index in [9.17, 15) is 4.79 Å². The predicted octanol–water partition coefficient (Wildman–Crippen LogP) is 1.33. The second-order valence-electron chi connectivity index (χ2n) is 4.45. The topological polar surface area (TPSA) is 68.8 Å². The molecule has 6 nitrogen and oxygen atoms in total. The summed E-state index contributed by atoms with van der Waals surface area (Å²) in [6.45, 7) is 3.48. The van der Waals surface area contributed by atoms with Crippen molar-refractivity contribution in [3.63, 3.8) is 0 Å². The van der Waals surface area contributed by atoms with Crippen LogP contribution in [0.25, 0.3) is 0 Å². The number of hydrogen-bond donors (Lipinski definition) is 2. The lowest BCUT2D eigenvalue weighted by molar-refractivity contribution is -0.120. The third-order valence-corrected chi connectivity index (χ3v) is 2.96. The minimum atomic E-state index is -0.0173. The molecule has 1 rings (SSSR count). The first-order chi connectivity index (χ1) is 10.2. The predicted molar refractivity (Wildman–Crippen MR) is 81.1 cm³/mol. The highest BCUT2D eigenvalue weighted by Crippen LogP contribution is 2.39. The lowest BCUT2D eigenvalue weighted by Crippen LogP contribution is -2.34. The summed E-state index contributed by atoms with van der Waals surface area (Å²) in [5.74, 6) is 1.75. The maximum atomic E-state index is 11.5. The highest BCUT2D eigenvalue weighted by atomic mass is 16.5. The number of carbonyl (C=O) groups is 1. The molecule has 1 aromatic carbocycles. The molecular weight excluding hydrogens is 272 g/mol. The summed E-state index contributed by atoms with van der Waals surface area (Å²) in [7, 11) is 4.72. The fourth-order valence-corrected chi connectivity index (χ4v) is 1.94. The fraction of sp³-hybridized carbons (Fsp3) is 0.533. The molecule has 0 atom stereocenters. The molecule has 0 unspecified atom stereocenters.